The van der Waals surface area contributed by atoms with E-state index in [-0.39, 0.29) is 17.1 Å². The molecule has 0 aromatic heterocycles. The topological polar surface area (TPSA) is 124 Å². The van der Waals surface area contributed by atoms with Gasteiger partial charge in [0.05, 0.1) is 16.0 Å². The summed E-state index contributed by atoms with van der Waals surface area (Å²) < 4.78 is 60.3. The molecule has 1 saturated heterocycles. The molecule has 0 radical (unpaired) electrons. The van der Waals surface area contributed by atoms with Crippen LogP contribution in [0.25, 0.3) is 0 Å². The van der Waals surface area contributed by atoms with Crippen molar-refractivity contribution in [3.05, 3.63) is 102 Å². The molecule has 4 rings (SSSR count). The van der Waals surface area contributed by atoms with Gasteiger partial charge in [-0.3, -0.25) is 4.18 Å². The van der Waals surface area contributed by atoms with Gasteiger partial charge in [0.25, 0.3) is 10.1 Å². The Bertz CT molecular complexity index is 1370. The molecule has 4 atom stereocenters. The Morgan fingerprint density at radius 2 is 1.35 bits per heavy atom. The van der Waals surface area contributed by atoms with Crippen molar-refractivity contribution in [2.24, 2.45) is 0 Å². The highest BCUT2D eigenvalue weighted by molar-refractivity contribution is 7.86. The molecule has 3 aromatic rings. The third-order valence-corrected chi connectivity index (χ3v) is 7.59. The van der Waals surface area contributed by atoms with Gasteiger partial charge in [0.15, 0.2) is 12.4 Å². The van der Waals surface area contributed by atoms with Crippen LogP contribution >= 0.6 is 0 Å². The number of carbonyl (C=O) groups is 2. The van der Waals surface area contributed by atoms with E-state index in [4.69, 9.17) is 27.9 Å². The van der Waals surface area contributed by atoms with Crippen molar-refractivity contribution in [3.8, 4) is 0 Å². The first-order chi connectivity index (χ1) is 19.2. The molecular formula is C29H30O10S. The van der Waals surface area contributed by atoms with Crippen LogP contribution in [0.4, 0.5) is 0 Å². The molecule has 0 spiro atoms. The second-order valence-corrected chi connectivity index (χ2v) is 10.6. The second-order valence-electron chi connectivity index (χ2n) is 9.01. The van der Waals surface area contributed by atoms with Gasteiger partial charge in [0.1, 0.15) is 24.9 Å². The molecule has 0 unspecified atom stereocenters. The predicted octanol–water partition coefficient (Wildman–Crippen LogP) is 3.54. The third kappa shape index (κ3) is 6.93. The highest BCUT2D eigenvalue weighted by Gasteiger charge is 2.54. The van der Waals surface area contributed by atoms with E-state index in [0.29, 0.717) is 5.56 Å². The number of rotatable bonds is 11. The standard InChI is InChI=1S/C29H30O10S/c1-19-14-16-22(17-15-19)40(32,33)39-25-24(38-28(31)21-12-8-5-9-13-21)23(37-26(25)29(34-2)35-3)18-36-27(30)20-10-6-4-7-11-20/h4-17,23-26,29H,18H2,1-3H3/t23-,24+,25-,26+/m0/s1. The van der Waals surface area contributed by atoms with Crippen LogP contribution in [0.15, 0.2) is 89.8 Å². The van der Waals surface area contributed by atoms with Crippen LogP contribution in [0.5, 0.6) is 0 Å². The molecule has 0 bridgehead atoms. The van der Waals surface area contributed by atoms with Gasteiger partial charge in [-0.25, -0.2) is 9.59 Å². The lowest BCUT2D eigenvalue weighted by atomic mass is 10.1. The monoisotopic (exact) mass is 570 g/mol. The van der Waals surface area contributed by atoms with Gasteiger partial charge in [-0.1, -0.05) is 54.1 Å². The van der Waals surface area contributed by atoms with E-state index in [1.54, 1.807) is 72.8 Å². The molecule has 0 aliphatic carbocycles. The minimum atomic E-state index is -4.36. The molecule has 1 fully saturated rings. The fourth-order valence-corrected chi connectivity index (χ4v) is 5.31. The average molecular weight is 571 g/mol. The molecule has 1 aliphatic heterocycles. The number of esters is 2. The van der Waals surface area contributed by atoms with Gasteiger partial charge >= 0.3 is 11.9 Å². The zero-order chi connectivity index (χ0) is 28.7. The quantitative estimate of drug-likeness (QED) is 0.192. The SMILES string of the molecule is COC(OC)[C@@H]1O[C@@H](COC(=O)c2ccccc2)[C@@H](OC(=O)c2ccccc2)[C@@H]1OS(=O)(=O)c1ccc(C)cc1. The molecule has 212 valence electrons. The van der Waals surface area contributed by atoms with Crippen LogP contribution in [0.3, 0.4) is 0 Å². The normalized spacial score (nSPS) is 20.8. The van der Waals surface area contributed by atoms with E-state index >= 15 is 0 Å². The van der Waals surface area contributed by atoms with E-state index in [1.807, 2.05) is 6.92 Å². The number of ether oxygens (including phenoxy) is 5. The summed E-state index contributed by atoms with van der Waals surface area (Å²) in [5.41, 5.74) is 1.38. The fraction of sp³-hybridized carbons (Fsp3) is 0.310. The first kappa shape index (κ1) is 29.4. The highest BCUT2D eigenvalue weighted by atomic mass is 32.2. The summed E-state index contributed by atoms with van der Waals surface area (Å²) in [6.45, 7) is 1.45. The van der Waals surface area contributed by atoms with Crippen molar-refractivity contribution >= 4 is 22.1 Å². The second kappa shape index (κ2) is 13.2. The lowest BCUT2D eigenvalue weighted by Crippen LogP contribution is -2.45. The summed E-state index contributed by atoms with van der Waals surface area (Å²) in [6, 6.07) is 22.5. The van der Waals surface area contributed by atoms with Crippen LogP contribution in [0.2, 0.25) is 0 Å². The molecule has 1 aliphatic rings. The molecule has 10 nitrogen and oxygen atoms in total. The molecule has 0 saturated carbocycles. The number of aryl methyl sites for hydroxylation is 1. The minimum absolute atomic E-state index is 0.102. The molecule has 0 amide bonds. The Kier molecular flexibility index (Phi) is 9.67. The maximum absolute atomic E-state index is 13.3. The molecular weight excluding hydrogens is 540 g/mol. The van der Waals surface area contributed by atoms with Crippen molar-refractivity contribution < 1.29 is 45.9 Å². The van der Waals surface area contributed by atoms with Crippen molar-refractivity contribution in [2.75, 3.05) is 20.8 Å². The summed E-state index contributed by atoms with van der Waals surface area (Å²) >= 11 is 0. The van der Waals surface area contributed by atoms with Gasteiger partial charge in [0.2, 0.25) is 0 Å². The van der Waals surface area contributed by atoms with Crippen LogP contribution in [0.1, 0.15) is 26.3 Å². The van der Waals surface area contributed by atoms with Crippen molar-refractivity contribution in [3.63, 3.8) is 0 Å². The Morgan fingerprint density at radius 3 is 1.90 bits per heavy atom. The summed E-state index contributed by atoms with van der Waals surface area (Å²) in [4.78, 5) is 25.6. The van der Waals surface area contributed by atoms with Gasteiger partial charge in [-0.15, -0.1) is 0 Å². The Hall–Kier alpha value is -3.61. The number of benzene rings is 3. The smallest absolute Gasteiger partial charge is 0.338 e. The van der Waals surface area contributed by atoms with E-state index in [9.17, 15) is 18.0 Å². The summed E-state index contributed by atoms with van der Waals surface area (Å²) in [5, 5.41) is 0. The van der Waals surface area contributed by atoms with Gasteiger partial charge in [-0.05, 0) is 43.3 Å². The maximum atomic E-state index is 13.3. The zero-order valence-electron chi connectivity index (χ0n) is 22.2. The van der Waals surface area contributed by atoms with Crippen molar-refractivity contribution in [2.45, 2.75) is 42.5 Å². The first-order valence-corrected chi connectivity index (χ1v) is 13.8. The number of hydrogen-bond donors (Lipinski definition) is 0. The van der Waals surface area contributed by atoms with Gasteiger partial charge in [-0.2, -0.15) is 8.42 Å². The lowest BCUT2D eigenvalue weighted by Gasteiger charge is -2.27. The van der Waals surface area contributed by atoms with E-state index < -0.39 is 52.8 Å². The Balaban J connectivity index is 1.66. The molecule has 11 heteroatoms. The van der Waals surface area contributed by atoms with Gasteiger partial charge in [0, 0.05) is 14.2 Å². The number of carbonyl (C=O) groups excluding carboxylic acids is 2. The van der Waals surface area contributed by atoms with E-state index in [1.165, 1.54) is 26.4 Å². The zero-order valence-corrected chi connectivity index (χ0v) is 23.0. The van der Waals surface area contributed by atoms with Gasteiger partial charge < -0.3 is 23.7 Å². The maximum Gasteiger partial charge on any atom is 0.338 e. The van der Waals surface area contributed by atoms with Crippen LogP contribution in [-0.4, -0.2) is 71.9 Å². The Morgan fingerprint density at radius 1 is 0.800 bits per heavy atom. The summed E-state index contributed by atoms with van der Waals surface area (Å²) in [5.74, 6) is -1.39. The predicted molar refractivity (Wildman–Crippen MR) is 142 cm³/mol. The van der Waals surface area contributed by atoms with Crippen LogP contribution < -0.4 is 0 Å². The van der Waals surface area contributed by atoms with Crippen molar-refractivity contribution in [1.82, 2.24) is 0 Å². The lowest BCUT2D eigenvalue weighted by molar-refractivity contribution is -0.191. The third-order valence-electron chi connectivity index (χ3n) is 6.27. The fourth-order valence-electron chi connectivity index (χ4n) is 4.21. The summed E-state index contributed by atoms with van der Waals surface area (Å²) in [6.07, 6.45) is -6.13. The average Bonchev–Trinajstić information content (AvgIpc) is 3.29. The molecule has 0 N–H and O–H groups in total. The Labute approximate surface area is 232 Å². The largest absolute Gasteiger partial charge is 0.459 e. The van der Waals surface area contributed by atoms with Crippen LogP contribution in [-0.2, 0) is 38.0 Å². The molecule has 3 aromatic carbocycles. The minimum Gasteiger partial charge on any atom is -0.459 e. The van der Waals surface area contributed by atoms with Crippen molar-refractivity contribution in [1.29, 1.82) is 0 Å². The number of hydrogen-bond acceptors (Lipinski definition) is 10. The molecule has 1 heterocycles. The van der Waals surface area contributed by atoms with Crippen LogP contribution in [0, 0.1) is 6.92 Å². The molecule has 40 heavy (non-hydrogen) atoms. The first-order valence-electron chi connectivity index (χ1n) is 12.4. The number of methoxy groups -OCH3 is 2. The highest BCUT2D eigenvalue weighted by Crippen LogP contribution is 2.33. The van der Waals surface area contributed by atoms with E-state index in [2.05, 4.69) is 0 Å². The summed E-state index contributed by atoms with van der Waals surface area (Å²) in [7, 11) is -1.68. The van der Waals surface area contributed by atoms with E-state index in [0.717, 1.165) is 5.56 Å².